The number of aromatic nitrogens is 2. The number of rotatable bonds is 2. The largest absolute Gasteiger partial charge is 0.348 e. The predicted molar refractivity (Wildman–Crippen MR) is 68.4 cm³/mol. The molecule has 0 bridgehead atoms. The van der Waals surface area contributed by atoms with Crippen molar-refractivity contribution in [3.8, 4) is 0 Å². The normalized spacial score (nSPS) is 20.7. The third-order valence-electron chi connectivity index (χ3n) is 2.78. The van der Waals surface area contributed by atoms with Crippen LogP contribution in [-0.2, 0) is 15.0 Å². The standard InChI is InChI=1S/C11H16N4O2S/c1-11(2,3)9-13-10(18-14-9)12-6-5-7(16)15(4)8(6)17/h6H,5H2,1-4H3,(H,12,13,14). The predicted octanol–water partition coefficient (Wildman–Crippen LogP) is 1.00. The first-order valence-electron chi connectivity index (χ1n) is 5.70. The number of imide groups is 1. The maximum absolute atomic E-state index is 11.7. The zero-order valence-corrected chi connectivity index (χ0v) is 11.7. The molecule has 2 rings (SSSR count). The van der Waals surface area contributed by atoms with Crippen molar-refractivity contribution >= 4 is 28.5 Å². The summed E-state index contributed by atoms with van der Waals surface area (Å²) < 4.78 is 4.25. The van der Waals surface area contributed by atoms with E-state index in [1.54, 1.807) is 0 Å². The summed E-state index contributed by atoms with van der Waals surface area (Å²) in [5, 5.41) is 3.56. The summed E-state index contributed by atoms with van der Waals surface area (Å²) in [4.78, 5) is 28.6. The highest BCUT2D eigenvalue weighted by molar-refractivity contribution is 7.09. The summed E-state index contributed by atoms with van der Waals surface area (Å²) in [6, 6.07) is -0.511. The van der Waals surface area contributed by atoms with E-state index < -0.39 is 6.04 Å². The Morgan fingerprint density at radius 3 is 2.50 bits per heavy atom. The second kappa shape index (κ2) is 4.31. The Hall–Kier alpha value is -1.50. The van der Waals surface area contributed by atoms with Crippen LogP contribution in [0, 0.1) is 0 Å². The monoisotopic (exact) mass is 268 g/mol. The lowest BCUT2D eigenvalue weighted by atomic mass is 9.96. The SMILES string of the molecule is CN1C(=O)CC(Nc2nc(C(C)(C)C)ns2)C1=O. The van der Waals surface area contributed by atoms with Crippen LogP contribution in [0.1, 0.15) is 33.0 Å². The first-order chi connectivity index (χ1) is 8.29. The van der Waals surface area contributed by atoms with Crippen LogP contribution in [-0.4, -0.2) is 39.2 Å². The molecule has 0 radical (unpaired) electrons. The van der Waals surface area contributed by atoms with E-state index in [0.29, 0.717) is 5.13 Å². The molecule has 2 heterocycles. The van der Waals surface area contributed by atoms with E-state index in [9.17, 15) is 9.59 Å². The third-order valence-corrected chi connectivity index (χ3v) is 3.42. The molecule has 6 nitrogen and oxygen atoms in total. The van der Waals surface area contributed by atoms with Gasteiger partial charge in [0, 0.05) is 24.0 Å². The Morgan fingerprint density at radius 2 is 2.06 bits per heavy atom. The van der Waals surface area contributed by atoms with Crippen LogP contribution in [0.3, 0.4) is 0 Å². The van der Waals surface area contributed by atoms with Crippen LogP contribution < -0.4 is 5.32 Å². The first kappa shape index (κ1) is 12.9. The Balaban J connectivity index is 2.09. The lowest BCUT2D eigenvalue weighted by Gasteiger charge is -2.12. The average Bonchev–Trinajstić information content (AvgIpc) is 2.81. The average molecular weight is 268 g/mol. The minimum atomic E-state index is -0.511. The van der Waals surface area contributed by atoms with Crippen LogP contribution in [0.15, 0.2) is 0 Å². The third kappa shape index (κ3) is 2.35. The minimum Gasteiger partial charge on any atom is -0.348 e. The van der Waals surface area contributed by atoms with Crippen LogP contribution in [0.25, 0.3) is 0 Å². The summed E-state index contributed by atoms with van der Waals surface area (Å²) >= 11 is 1.21. The molecule has 1 fully saturated rings. The van der Waals surface area contributed by atoms with Gasteiger partial charge < -0.3 is 5.32 Å². The molecule has 1 N–H and O–H groups in total. The molecular weight excluding hydrogens is 252 g/mol. The van der Waals surface area contributed by atoms with Gasteiger partial charge in [-0.25, -0.2) is 4.98 Å². The van der Waals surface area contributed by atoms with Gasteiger partial charge in [0.2, 0.25) is 11.0 Å². The van der Waals surface area contributed by atoms with Gasteiger partial charge >= 0.3 is 0 Å². The Morgan fingerprint density at radius 1 is 1.39 bits per heavy atom. The quantitative estimate of drug-likeness (QED) is 0.810. The fourth-order valence-corrected chi connectivity index (χ4v) is 2.41. The van der Waals surface area contributed by atoms with E-state index in [4.69, 9.17) is 0 Å². The van der Waals surface area contributed by atoms with E-state index in [2.05, 4.69) is 14.7 Å². The van der Waals surface area contributed by atoms with Crippen molar-refractivity contribution in [1.29, 1.82) is 0 Å². The molecule has 1 aliphatic rings. The number of likely N-dealkylation sites (N-methyl/N-ethyl adjacent to an activating group) is 1. The van der Waals surface area contributed by atoms with Gasteiger partial charge in [0.05, 0.1) is 6.42 Å². The van der Waals surface area contributed by atoms with Crippen molar-refractivity contribution in [3.05, 3.63) is 5.82 Å². The molecule has 1 unspecified atom stereocenters. The molecule has 1 saturated heterocycles. The number of likely N-dealkylation sites (tertiary alicyclic amines) is 1. The molecule has 18 heavy (non-hydrogen) atoms. The molecule has 2 amide bonds. The van der Waals surface area contributed by atoms with Crippen LogP contribution >= 0.6 is 11.5 Å². The number of amides is 2. The summed E-state index contributed by atoms with van der Waals surface area (Å²) in [5.74, 6) is 0.352. The molecule has 1 aromatic heterocycles. The highest BCUT2D eigenvalue weighted by Crippen LogP contribution is 2.24. The molecular formula is C11H16N4O2S. The second-order valence-electron chi connectivity index (χ2n) is 5.37. The maximum atomic E-state index is 11.7. The van der Waals surface area contributed by atoms with Crippen molar-refractivity contribution in [3.63, 3.8) is 0 Å². The highest BCUT2D eigenvalue weighted by Gasteiger charge is 2.36. The van der Waals surface area contributed by atoms with Crippen LogP contribution in [0.2, 0.25) is 0 Å². The fraction of sp³-hybridized carbons (Fsp3) is 0.636. The van der Waals surface area contributed by atoms with Gasteiger partial charge in [0.15, 0.2) is 0 Å². The number of hydrogen-bond acceptors (Lipinski definition) is 6. The topological polar surface area (TPSA) is 75.2 Å². The molecule has 1 aromatic rings. The number of nitrogens with zero attached hydrogens (tertiary/aromatic N) is 3. The molecule has 98 valence electrons. The van der Waals surface area contributed by atoms with Gasteiger partial charge in [-0.1, -0.05) is 20.8 Å². The lowest BCUT2D eigenvalue weighted by molar-refractivity contribution is -0.136. The van der Waals surface area contributed by atoms with Crippen molar-refractivity contribution in [2.75, 3.05) is 12.4 Å². The van der Waals surface area contributed by atoms with Gasteiger partial charge in [-0.15, -0.1) is 0 Å². The zero-order valence-electron chi connectivity index (χ0n) is 10.9. The molecule has 0 saturated carbocycles. The Bertz CT molecular complexity index is 491. The van der Waals surface area contributed by atoms with E-state index >= 15 is 0 Å². The maximum Gasteiger partial charge on any atom is 0.251 e. The van der Waals surface area contributed by atoms with Crippen molar-refractivity contribution < 1.29 is 9.59 Å². The molecule has 0 aromatic carbocycles. The van der Waals surface area contributed by atoms with Crippen molar-refractivity contribution in [2.45, 2.75) is 38.6 Å². The summed E-state index contributed by atoms with van der Waals surface area (Å²) in [7, 11) is 1.49. The van der Waals surface area contributed by atoms with Gasteiger partial charge in [-0.2, -0.15) is 4.37 Å². The molecule has 1 atom stereocenters. The van der Waals surface area contributed by atoms with Crippen molar-refractivity contribution in [2.24, 2.45) is 0 Å². The van der Waals surface area contributed by atoms with Crippen molar-refractivity contribution in [1.82, 2.24) is 14.3 Å². The molecule has 7 heteroatoms. The van der Waals surface area contributed by atoms with E-state index in [1.807, 2.05) is 20.8 Å². The Kier molecular flexibility index (Phi) is 3.10. The van der Waals surface area contributed by atoms with Gasteiger partial charge in [-0.3, -0.25) is 14.5 Å². The highest BCUT2D eigenvalue weighted by atomic mass is 32.1. The lowest BCUT2D eigenvalue weighted by Crippen LogP contribution is -2.31. The summed E-state index contributed by atoms with van der Waals surface area (Å²) in [5.41, 5.74) is -0.122. The summed E-state index contributed by atoms with van der Waals surface area (Å²) in [6.07, 6.45) is 0.180. The van der Waals surface area contributed by atoms with Gasteiger partial charge in [-0.05, 0) is 0 Å². The summed E-state index contributed by atoms with van der Waals surface area (Å²) in [6.45, 7) is 6.07. The molecule has 0 aliphatic carbocycles. The van der Waals surface area contributed by atoms with Gasteiger partial charge in [0.25, 0.3) is 5.91 Å². The first-order valence-corrected chi connectivity index (χ1v) is 6.47. The van der Waals surface area contributed by atoms with E-state index in [1.165, 1.54) is 18.6 Å². The number of carbonyl (C=O) groups is 2. The minimum absolute atomic E-state index is 0.122. The van der Waals surface area contributed by atoms with Crippen LogP contribution in [0.4, 0.5) is 5.13 Å². The number of carbonyl (C=O) groups excluding carboxylic acids is 2. The number of hydrogen-bond donors (Lipinski definition) is 1. The number of anilines is 1. The number of nitrogens with one attached hydrogen (secondary N) is 1. The molecule has 1 aliphatic heterocycles. The smallest absolute Gasteiger partial charge is 0.251 e. The van der Waals surface area contributed by atoms with Gasteiger partial charge in [0.1, 0.15) is 11.9 Å². The molecule has 0 spiro atoms. The zero-order chi connectivity index (χ0) is 13.5. The van der Waals surface area contributed by atoms with Crippen LogP contribution in [0.5, 0.6) is 0 Å². The fourth-order valence-electron chi connectivity index (χ4n) is 1.60. The van der Waals surface area contributed by atoms with E-state index in [-0.39, 0.29) is 23.7 Å². The Labute approximate surface area is 110 Å². The second-order valence-corrected chi connectivity index (χ2v) is 6.12. The van der Waals surface area contributed by atoms with E-state index in [0.717, 1.165) is 10.7 Å².